The summed E-state index contributed by atoms with van der Waals surface area (Å²) in [5, 5.41) is 3.53. The van der Waals surface area contributed by atoms with Crippen LogP contribution in [0, 0.1) is 0 Å². The number of likely N-dealkylation sites (N-methyl/N-ethyl adjacent to an activating group) is 1. The first-order valence-corrected chi connectivity index (χ1v) is 9.93. The zero-order valence-electron chi connectivity index (χ0n) is 16.2. The Balaban J connectivity index is 2.07. The highest BCUT2D eigenvalue weighted by Gasteiger charge is 2.28. The van der Waals surface area contributed by atoms with Gasteiger partial charge in [0.2, 0.25) is 5.91 Å². The summed E-state index contributed by atoms with van der Waals surface area (Å²) in [5.74, 6) is -1.00. The SMILES string of the molecule is CCNC(=O)C(c1ccc(C(=O)OC)cc1)c1cc(Cl)ccc1N1CCCC1. The lowest BCUT2D eigenvalue weighted by Crippen LogP contribution is -2.31. The number of methoxy groups -OCH3 is 1. The Bertz CT molecular complexity index is 845. The normalized spacial score (nSPS) is 14.6. The van der Waals surface area contributed by atoms with E-state index in [1.54, 1.807) is 24.3 Å². The number of anilines is 1. The Morgan fingerprint density at radius 3 is 2.43 bits per heavy atom. The third kappa shape index (κ3) is 4.30. The lowest BCUT2D eigenvalue weighted by atomic mass is 9.88. The smallest absolute Gasteiger partial charge is 0.337 e. The van der Waals surface area contributed by atoms with Gasteiger partial charge in [0.15, 0.2) is 0 Å². The Hall–Kier alpha value is -2.53. The fraction of sp³-hybridized carbons (Fsp3) is 0.364. The van der Waals surface area contributed by atoms with Crippen molar-refractivity contribution >= 4 is 29.2 Å². The molecule has 1 saturated heterocycles. The monoisotopic (exact) mass is 400 g/mol. The molecule has 6 heteroatoms. The van der Waals surface area contributed by atoms with Crippen LogP contribution in [-0.4, -0.2) is 38.6 Å². The van der Waals surface area contributed by atoms with Crippen LogP contribution in [-0.2, 0) is 9.53 Å². The number of benzene rings is 2. The molecule has 1 fully saturated rings. The first-order valence-electron chi connectivity index (χ1n) is 9.55. The van der Waals surface area contributed by atoms with Crippen LogP contribution in [0.4, 0.5) is 5.69 Å². The van der Waals surface area contributed by atoms with E-state index in [4.69, 9.17) is 16.3 Å². The standard InChI is InChI=1S/C22H25ClN2O3/c1-3-24-21(26)20(15-6-8-16(9-7-15)22(27)28-2)18-14-17(23)10-11-19(18)25-12-4-5-13-25/h6-11,14,20H,3-5,12-13H2,1-2H3,(H,24,26). The Morgan fingerprint density at radius 1 is 1.14 bits per heavy atom. The second kappa shape index (κ2) is 9.11. The fourth-order valence-electron chi connectivity index (χ4n) is 3.68. The molecule has 2 aromatic rings. The van der Waals surface area contributed by atoms with Gasteiger partial charge in [0.25, 0.3) is 0 Å². The first-order chi connectivity index (χ1) is 13.5. The predicted octanol–water partition coefficient (Wildman–Crippen LogP) is 3.99. The highest BCUT2D eigenvalue weighted by atomic mass is 35.5. The molecule has 0 aromatic heterocycles. The summed E-state index contributed by atoms with van der Waals surface area (Å²) in [6.45, 7) is 4.37. The Kier molecular flexibility index (Phi) is 6.57. The van der Waals surface area contributed by atoms with Gasteiger partial charge < -0.3 is 15.0 Å². The highest BCUT2D eigenvalue weighted by molar-refractivity contribution is 6.30. The summed E-state index contributed by atoms with van der Waals surface area (Å²) >= 11 is 6.31. The number of hydrogen-bond donors (Lipinski definition) is 1. The molecule has 1 heterocycles. The molecule has 0 bridgehead atoms. The van der Waals surface area contributed by atoms with E-state index in [-0.39, 0.29) is 5.91 Å². The van der Waals surface area contributed by atoms with E-state index in [2.05, 4.69) is 10.2 Å². The number of nitrogens with zero attached hydrogens (tertiary/aromatic N) is 1. The van der Waals surface area contributed by atoms with E-state index in [0.29, 0.717) is 17.1 Å². The van der Waals surface area contributed by atoms with Gasteiger partial charge in [-0.05, 0) is 61.2 Å². The van der Waals surface area contributed by atoms with Crippen molar-refractivity contribution < 1.29 is 14.3 Å². The molecule has 1 N–H and O–H groups in total. The molecular formula is C22H25ClN2O3. The van der Waals surface area contributed by atoms with Crippen LogP contribution in [0.25, 0.3) is 0 Å². The third-order valence-electron chi connectivity index (χ3n) is 5.03. The molecule has 0 spiro atoms. The number of ether oxygens (including phenoxy) is 1. The molecule has 3 rings (SSSR count). The summed E-state index contributed by atoms with van der Waals surface area (Å²) < 4.78 is 4.77. The molecule has 1 unspecified atom stereocenters. The van der Waals surface area contributed by atoms with Crippen LogP contribution < -0.4 is 10.2 Å². The lowest BCUT2D eigenvalue weighted by Gasteiger charge is -2.26. The third-order valence-corrected chi connectivity index (χ3v) is 5.26. The minimum atomic E-state index is -0.513. The molecule has 0 aliphatic carbocycles. The van der Waals surface area contributed by atoms with Gasteiger partial charge in [-0.3, -0.25) is 4.79 Å². The molecule has 1 amide bonds. The molecule has 5 nitrogen and oxygen atoms in total. The molecule has 1 aliphatic heterocycles. The van der Waals surface area contributed by atoms with Crippen LogP contribution in [0.1, 0.15) is 47.2 Å². The molecular weight excluding hydrogens is 376 g/mol. The maximum atomic E-state index is 13.0. The van der Waals surface area contributed by atoms with Gasteiger partial charge >= 0.3 is 5.97 Å². The summed E-state index contributed by atoms with van der Waals surface area (Å²) in [7, 11) is 1.35. The Morgan fingerprint density at radius 2 is 1.82 bits per heavy atom. The molecule has 0 radical (unpaired) electrons. The van der Waals surface area contributed by atoms with Crippen LogP contribution in [0.3, 0.4) is 0 Å². The topological polar surface area (TPSA) is 58.6 Å². The Labute approximate surface area is 170 Å². The quantitative estimate of drug-likeness (QED) is 0.745. The molecule has 28 heavy (non-hydrogen) atoms. The van der Waals surface area contributed by atoms with E-state index < -0.39 is 11.9 Å². The number of amides is 1. The van der Waals surface area contributed by atoms with Crippen LogP contribution in [0.2, 0.25) is 5.02 Å². The summed E-state index contributed by atoms with van der Waals surface area (Å²) in [5.41, 5.74) is 3.18. The number of carbonyl (C=O) groups excluding carboxylic acids is 2. The molecule has 0 saturated carbocycles. The van der Waals surface area contributed by atoms with Crippen molar-refractivity contribution in [2.24, 2.45) is 0 Å². The zero-order chi connectivity index (χ0) is 20.1. The zero-order valence-corrected chi connectivity index (χ0v) is 17.0. The number of esters is 1. The van der Waals surface area contributed by atoms with Gasteiger partial charge in [-0.15, -0.1) is 0 Å². The van der Waals surface area contributed by atoms with Gasteiger partial charge in [-0.25, -0.2) is 4.79 Å². The molecule has 1 atom stereocenters. The van der Waals surface area contributed by atoms with Crippen LogP contribution in [0.5, 0.6) is 0 Å². The minimum Gasteiger partial charge on any atom is -0.465 e. The molecule has 2 aromatic carbocycles. The number of hydrogen-bond acceptors (Lipinski definition) is 4. The number of halogens is 1. The van der Waals surface area contributed by atoms with E-state index in [9.17, 15) is 9.59 Å². The molecule has 1 aliphatic rings. The van der Waals surface area contributed by atoms with Crippen molar-refractivity contribution in [2.75, 3.05) is 31.6 Å². The maximum Gasteiger partial charge on any atom is 0.337 e. The fourth-order valence-corrected chi connectivity index (χ4v) is 3.86. The van der Waals surface area contributed by atoms with E-state index in [1.165, 1.54) is 7.11 Å². The summed E-state index contributed by atoms with van der Waals surface area (Å²) in [4.78, 5) is 27.1. The van der Waals surface area contributed by atoms with Crippen molar-refractivity contribution in [2.45, 2.75) is 25.7 Å². The largest absolute Gasteiger partial charge is 0.465 e. The predicted molar refractivity (Wildman–Crippen MR) is 111 cm³/mol. The number of rotatable bonds is 6. The summed E-state index contributed by atoms with van der Waals surface area (Å²) in [6, 6.07) is 12.7. The number of nitrogens with one attached hydrogen (secondary N) is 1. The van der Waals surface area contributed by atoms with Gasteiger partial charge in [-0.1, -0.05) is 23.7 Å². The van der Waals surface area contributed by atoms with Crippen molar-refractivity contribution in [1.29, 1.82) is 0 Å². The average molecular weight is 401 g/mol. The summed E-state index contributed by atoms with van der Waals surface area (Å²) in [6.07, 6.45) is 2.28. The van der Waals surface area contributed by atoms with Gasteiger partial charge in [0.1, 0.15) is 0 Å². The second-order valence-corrected chi connectivity index (χ2v) is 7.27. The van der Waals surface area contributed by atoms with E-state index in [1.807, 2.05) is 25.1 Å². The lowest BCUT2D eigenvalue weighted by molar-refractivity contribution is -0.121. The number of carbonyl (C=O) groups is 2. The van der Waals surface area contributed by atoms with Crippen LogP contribution >= 0.6 is 11.6 Å². The van der Waals surface area contributed by atoms with Gasteiger partial charge in [0.05, 0.1) is 18.6 Å². The van der Waals surface area contributed by atoms with Gasteiger partial charge in [-0.2, -0.15) is 0 Å². The van der Waals surface area contributed by atoms with E-state index >= 15 is 0 Å². The average Bonchev–Trinajstić information content (AvgIpc) is 3.23. The van der Waals surface area contributed by atoms with Crippen molar-refractivity contribution in [1.82, 2.24) is 5.32 Å². The molecule has 148 valence electrons. The second-order valence-electron chi connectivity index (χ2n) is 6.84. The van der Waals surface area contributed by atoms with Gasteiger partial charge in [0, 0.05) is 30.3 Å². The maximum absolute atomic E-state index is 13.0. The first kappa shape index (κ1) is 20.2. The van der Waals surface area contributed by atoms with Crippen LogP contribution in [0.15, 0.2) is 42.5 Å². The highest BCUT2D eigenvalue weighted by Crippen LogP contribution is 2.36. The van der Waals surface area contributed by atoms with Crippen molar-refractivity contribution in [3.05, 3.63) is 64.2 Å². The van der Waals surface area contributed by atoms with Crippen molar-refractivity contribution in [3.63, 3.8) is 0 Å². The van der Waals surface area contributed by atoms with E-state index in [0.717, 1.165) is 42.7 Å². The van der Waals surface area contributed by atoms with Crippen molar-refractivity contribution in [3.8, 4) is 0 Å². The minimum absolute atomic E-state index is 0.0870.